The highest BCUT2D eigenvalue weighted by molar-refractivity contribution is 7.11. The molecular formula is C11H9N2S. The molecule has 2 rings (SSSR count). The van der Waals surface area contributed by atoms with E-state index in [0.29, 0.717) is 0 Å². The maximum atomic E-state index is 4.25. The molecule has 2 aromatic rings. The number of hydrogen-bond donors (Lipinski definition) is 0. The van der Waals surface area contributed by atoms with E-state index in [-0.39, 0.29) is 0 Å². The van der Waals surface area contributed by atoms with E-state index >= 15 is 0 Å². The molecule has 2 heterocycles. The topological polar surface area (TPSA) is 25.8 Å². The predicted octanol–water partition coefficient (Wildman–Crippen LogP) is 3.05. The molecule has 0 bridgehead atoms. The van der Waals surface area contributed by atoms with Gasteiger partial charge in [0.1, 0.15) is 0 Å². The Morgan fingerprint density at radius 1 is 1.36 bits per heavy atom. The van der Waals surface area contributed by atoms with Gasteiger partial charge in [0.25, 0.3) is 0 Å². The van der Waals surface area contributed by atoms with Crippen molar-refractivity contribution in [2.75, 3.05) is 0 Å². The van der Waals surface area contributed by atoms with Crippen LogP contribution in [0.4, 0.5) is 0 Å². The Morgan fingerprint density at radius 3 is 3.00 bits per heavy atom. The molecule has 1 radical (unpaired) electrons. The SMILES string of the molecule is [CH2]/C=C/c1sccc1-c1cnccn1. The van der Waals surface area contributed by atoms with Gasteiger partial charge in [-0.2, -0.15) is 0 Å². The standard InChI is InChI=1S/C11H9N2S/c1-2-3-11-9(4-7-14-11)10-8-12-5-6-13-10/h2-8H,1H2/b3-2+. The van der Waals surface area contributed by atoms with E-state index in [1.807, 2.05) is 17.5 Å². The summed E-state index contributed by atoms with van der Waals surface area (Å²) in [4.78, 5) is 9.47. The lowest BCUT2D eigenvalue weighted by Crippen LogP contribution is -1.83. The molecular weight excluding hydrogens is 192 g/mol. The summed E-state index contributed by atoms with van der Waals surface area (Å²) >= 11 is 1.67. The molecule has 0 aliphatic rings. The molecule has 0 aliphatic carbocycles. The fraction of sp³-hybridized carbons (Fsp3) is 0. The molecule has 0 saturated carbocycles. The number of rotatable bonds is 2. The Balaban J connectivity index is 2.47. The highest BCUT2D eigenvalue weighted by Crippen LogP contribution is 2.27. The van der Waals surface area contributed by atoms with Crippen LogP contribution in [0.3, 0.4) is 0 Å². The Kier molecular flexibility index (Phi) is 2.70. The van der Waals surface area contributed by atoms with Gasteiger partial charge in [-0.3, -0.25) is 9.97 Å². The maximum Gasteiger partial charge on any atom is 0.0899 e. The van der Waals surface area contributed by atoms with Crippen molar-refractivity contribution in [3.05, 3.63) is 47.9 Å². The molecule has 2 nitrogen and oxygen atoms in total. The van der Waals surface area contributed by atoms with Gasteiger partial charge in [-0.15, -0.1) is 11.3 Å². The van der Waals surface area contributed by atoms with E-state index in [0.717, 1.165) is 11.3 Å². The van der Waals surface area contributed by atoms with Crippen LogP contribution in [0.2, 0.25) is 0 Å². The molecule has 0 amide bonds. The number of aromatic nitrogens is 2. The molecule has 0 unspecified atom stereocenters. The van der Waals surface area contributed by atoms with Crippen molar-refractivity contribution in [2.24, 2.45) is 0 Å². The highest BCUT2D eigenvalue weighted by atomic mass is 32.1. The van der Waals surface area contributed by atoms with Gasteiger partial charge in [0.2, 0.25) is 0 Å². The summed E-state index contributed by atoms with van der Waals surface area (Å²) in [6, 6.07) is 2.05. The molecule has 69 valence electrons. The molecule has 0 fully saturated rings. The first-order valence-corrected chi connectivity index (χ1v) is 5.09. The maximum absolute atomic E-state index is 4.25. The van der Waals surface area contributed by atoms with Crippen LogP contribution in [0.5, 0.6) is 0 Å². The molecule has 2 aromatic heterocycles. The second kappa shape index (κ2) is 4.15. The van der Waals surface area contributed by atoms with Crippen molar-refractivity contribution in [2.45, 2.75) is 0 Å². The van der Waals surface area contributed by atoms with Gasteiger partial charge in [0, 0.05) is 22.8 Å². The van der Waals surface area contributed by atoms with Gasteiger partial charge in [-0.1, -0.05) is 6.08 Å². The Bertz CT molecular complexity index is 432. The largest absolute Gasteiger partial charge is 0.261 e. The third-order valence-corrected chi connectivity index (χ3v) is 2.69. The van der Waals surface area contributed by atoms with Crippen LogP contribution in [0.15, 0.2) is 36.1 Å². The van der Waals surface area contributed by atoms with Crippen molar-refractivity contribution in [3.63, 3.8) is 0 Å². The first-order valence-electron chi connectivity index (χ1n) is 4.21. The summed E-state index contributed by atoms with van der Waals surface area (Å²) in [7, 11) is 0. The van der Waals surface area contributed by atoms with Crippen LogP contribution < -0.4 is 0 Å². The van der Waals surface area contributed by atoms with Crippen LogP contribution >= 0.6 is 11.3 Å². The third-order valence-electron chi connectivity index (χ3n) is 1.80. The summed E-state index contributed by atoms with van der Waals surface area (Å²) < 4.78 is 0. The molecule has 3 heteroatoms. The normalized spacial score (nSPS) is 10.9. The quantitative estimate of drug-likeness (QED) is 0.746. The third kappa shape index (κ3) is 1.72. The van der Waals surface area contributed by atoms with Gasteiger partial charge in [-0.05, 0) is 24.4 Å². The lowest BCUT2D eigenvalue weighted by atomic mass is 10.2. The van der Waals surface area contributed by atoms with Gasteiger partial charge in [-0.25, -0.2) is 0 Å². The highest BCUT2D eigenvalue weighted by Gasteiger charge is 2.04. The van der Waals surface area contributed by atoms with E-state index in [1.54, 1.807) is 36.0 Å². The predicted molar refractivity (Wildman–Crippen MR) is 59.7 cm³/mol. The van der Waals surface area contributed by atoms with Gasteiger partial charge >= 0.3 is 0 Å². The molecule has 14 heavy (non-hydrogen) atoms. The van der Waals surface area contributed by atoms with E-state index in [9.17, 15) is 0 Å². The van der Waals surface area contributed by atoms with Crippen LogP contribution in [0.25, 0.3) is 17.3 Å². The average molecular weight is 201 g/mol. The first-order chi connectivity index (χ1) is 6.92. The molecule has 0 aromatic carbocycles. The molecule has 0 atom stereocenters. The zero-order chi connectivity index (χ0) is 9.80. The van der Waals surface area contributed by atoms with Crippen LogP contribution in [-0.2, 0) is 0 Å². The molecule has 0 N–H and O–H groups in total. The van der Waals surface area contributed by atoms with Crippen LogP contribution in [0.1, 0.15) is 4.88 Å². The number of nitrogens with zero attached hydrogens (tertiary/aromatic N) is 2. The van der Waals surface area contributed by atoms with Crippen LogP contribution in [0, 0.1) is 6.92 Å². The van der Waals surface area contributed by atoms with Gasteiger partial charge in [0.05, 0.1) is 11.9 Å². The van der Waals surface area contributed by atoms with E-state index in [4.69, 9.17) is 0 Å². The van der Waals surface area contributed by atoms with E-state index in [1.165, 1.54) is 4.88 Å². The smallest absolute Gasteiger partial charge is 0.0899 e. The summed E-state index contributed by atoms with van der Waals surface area (Å²) in [5.74, 6) is 0. The van der Waals surface area contributed by atoms with Crippen molar-refractivity contribution in [1.82, 2.24) is 9.97 Å². The second-order valence-corrected chi connectivity index (χ2v) is 3.64. The summed E-state index contributed by atoms with van der Waals surface area (Å²) in [5.41, 5.74) is 2.02. The zero-order valence-corrected chi connectivity index (χ0v) is 8.37. The lowest BCUT2D eigenvalue weighted by Gasteiger charge is -1.97. The second-order valence-electron chi connectivity index (χ2n) is 2.69. The minimum Gasteiger partial charge on any atom is -0.261 e. The number of thiophene rings is 1. The lowest BCUT2D eigenvalue weighted by molar-refractivity contribution is 1.21. The van der Waals surface area contributed by atoms with Crippen molar-refractivity contribution >= 4 is 17.4 Å². The minimum absolute atomic E-state index is 0.904. The monoisotopic (exact) mass is 201 g/mol. The molecule has 0 aliphatic heterocycles. The first kappa shape index (κ1) is 9.09. The Hall–Kier alpha value is -1.48. The summed E-state index contributed by atoms with van der Waals surface area (Å²) in [5, 5.41) is 2.04. The summed E-state index contributed by atoms with van der Waals surface area (Å²) in [6.45, 7) is 3.69. The summed E-state index contributed by atoms with van der Waals surface area (Å²) in [6.07, 6.45) is 8.90. The molecule has 0 saturated heterocycles. The van der Waals surface area contributed by atoms with Crippen LogP contribution in [-0.4, -0.2) is 9.97 Å². The van der Waals surface area contributed by atoms with Gasteiger partial charge in [0.15, 0.2) is 0 Å². The fourth-order valence-corrected chi connectivity index (χ4v) is 2.03. The van der Waals surface area contributed by atoms with Crippen molar-refractivity contribution < 1.29 is 0 Å². The average Bonchev–Trinajstić information content (AvgIpc) is 2.68. The van der Waals surface area contributed by atoms with Crippen molar-refractivity contribution in [1.29, 1.82) is 0 Å². The van der Waals surface area contributed by atoms with Crippen molar-refractivity contribution in [3.8, 4) is 11.3 Å². The molecule has 0 spiro atoms. The Labute approximate surface area is 87.0 Å². The van der Waals surface area contributed by atoms with E-state index in [2.05, 4.69) is 16.9 Å². The van der Waals surface area contributed by atoms with Gasteiger partial charge < -0.3 is 0 Å². The minimum atomic E-state index is 0.904. The number of allylic oxidation sites excluding steroid dienone is 1. The zero-order valence-electron chi connectivity index (χ0n) is 7.55. The fourth-order valence-electron chi connectivity index (χ4n) is 1.21. The number of hydrogen-bond acceptors (Lipinski definition) is 3. The van der Waals surface area contributed by atoms with E-state index < -0.39 is 0 Å². The Morgan fingerprint density at radius 2 is 2.29 bits per heavy atom.